The van der Waals surface area contributed by atoms with Gasteiger partial charge in [0.15, 0.2) is 18.9 Å². The van der Waals surface area contributed by atoms with Crippen LogP contribution >= 0.6 is 0 Å². The molecule has 0 amide bonds. The van der Waals surface area contributed by atoms with Gasteiger partial charge in [-0.3, -0.25) is 0 Å². The molecule has 49 heavy (non-hydrogen) atoms. The highest BCUT2D eigenvalue weighted by Gasteiger charge is 2.56. The molecule has 0 unspecified atom stereocenters. The minimum atomic E-state index is -1.95. The quantitative estimate of drug-likeness (QED) is 0.0840. The lowest BCUT2D eigenvalue weighted by atomic mass is 9.87. The lowest BCUT2D eigenvalue weighted by molar-refractivity contribution is -0.386. The van der Waals surface area contributed by atoms with E-state index in [0.717, 1.165) is 0 Å². The second-order valence-corrected chi connectivity index (χ2v) is 13.1. The van der Waals surface area contributed by atoms with Crippen molar-refractivity contribution in [1.29, 1.82) is 0 Å². The molecule has 4 aliphatic rings. The Morgan fingerprint density at radius 3 is 1.31 bits per heavy atom. The van der Waals surface area contributed by atoms with E-state index in [1.54, 1.807) is 13.8 Å². The van der Waals surface area contributed by atoms with Crippen molar-refractivity contribution in [2.75, 3.05) is 26.4 Å². The van der Waals surface area contributed by atoms with Crippen molar-refractivity contribution in [1.82, 2.24) is 0 Å². The molecule has 4 rings (SSSR count). The summed E-state index contributed by atoms with van der Waals surface area (Å²) in [4.78, 5) is 0. The highest BCUT2D eigenvalue weighted by atomic mass is 16.8. The van der Waals surface area contributed by atoms with E-state index in [-0.39, 0.29) is 12.8 Å². The molecule has 20 nitrogen and oxygen atoms in total. The Kier molecular flexibility index (Phi) is 14.9. The number of aliphatic hydroxyl groups excluding tert-OH is 13. The number of hydrogen-bond acceptors (Lipinski definition) is 20. The van der Waals surface area contributed by atoms with E-state index in [2.05, 4.69) is 0 Å². The van der Waals surface area contributed by atoms with Gasteiger partial charge < -0.3 is 99.5 Å². The topological polar surface area (TPSA) is 328 Å². The van der Waals surface area contributed by atoms with Crippen LogP contribution in [0.3, 0.4) is 0 Å². The Hall–Kier alpha value is -0.800. The van der Waals surface area contributed by atoms with E-state index in [0.29, 0.717) is 0 Å². The average Bonchev–Trinajstić information content (AvgIpc) is 3.07. The van der Waals surface area contributed by atoms with Gasteiger partial charge in [-0.1, -0.05) is 13.8 Å². The monoisotopic (exact) mass is 720 g/mol. The van der Waals surface area contributed by atoms with E-state index in [9.17, 15) is 66.4 Å². The Bertz CT molecular complexity index is 993. The molecule has 0 bridgehead atoms. The average molecular weight is 721 g/mol. The van der Waals surface area contributed by atoms with Crippen molar-refractivity contribution < 1.29 is 99.5 Å². The molecular weight excluding hydrogens is 668 g/mol. The van der Waals surface area contributed by atoms with E-state index in [1.165, 1.54) is 0 Å². The van der Waals surface area contributed by atoms with Crippen LogP contribution in [0.2, 0.25) is 0 Å². The van der Waals surface area contributed by atoms with Crippen LogP contribution in [0, 0.1) is 5.92 Å². The molecule has 4 aliphatic heterocycles. The van der Waals surface area contributed by atoms with Crippen LogP contribution in [0.1, 0.15) is 26.7 Å². The van der Waals surface area contributed by atoms with E-state index in [4.69, 9.17) is 33.2 Å². The Labute approximate surface area is 281 Å². The number of hydrogen-bond donors (Lipinski definition) is 13. The first kappa shape index (κ1) is 41.0. The molecule has 0 aromatic heterocycles. The molecule has 0 aliphatic carbocycles. The molecule has 288 valence electrons. The van der Waals surface area contributed by atoms with Gasteiger partial charge in [0.1, 0.15) is 85.5 Å². The van der Waals surface area contributed by atoms with Crippen LogP contribution in [0.15, 0.2) is 0 Å². The first-order valence-electron chi connectivity index (χ1n) is 16.3. The van der Waals surface area contributed by atoms with Crippen molar-refractivity contribution in [2.24, 2.45) is 5.92 Å². The van der Waals surface area contributed by atoms with Crippen molar-refractivity contribution in [3.05, 3.63) is 0 Å². The third-order valence-electron chi connectivity index (χ3n) is 9.39. The highest BCUT2D eigenvalue weighted by Crippen LogP contribution is 2.37. The largest absolute Gasteiger partial charge is 0.396 e. The maximum Gasteiger partial charge on any atom is 0.187 e. The van der Waals surface area contributed by atoms with Crippen molar-refractivity contribution >= 4 is 0 Å². The number of rotatable bonds is 13. The summed E-state index contributed by atoms with van der Waals surface area (Å²) in [6, 6.07) is 0. The highest BCUT2D eigenvalue weighted by molar-refractivity contribution is 5.00. The standard InChI is InChI=1S/C29H52O20/c1-9(2)23-26(25(16(36)11(43-23)4-6-31)48-27-20(40)18(38)14(34)10(44-27)3-5-30)49-29-22(42)24(17(37)13(8-33)46-29)47-28-21(41)19(39)15(35)12(7-32)45-28/h9-42H,3-8H2,1-2H3/t10-,11-,12-,13-,14-,15-,16-,17-,18+,19+,20-,21-,22-,23+,24+,25+,26+,27+,28+,29+/m1/s1. The molecule has 4 fully saturated rings. The van der Waals surface area contributed by atoms with Gasteiger partial charge in [0, 0.05) is 13.2 Å². The summed E-state index contributed by atoms with van der Waals surface area (Å²) in [6.07, 6.45) is -32.4. The number of ether oxygens (including phenoxy) is 7. The van der Waals surface area contributed by atoms with Gasteiger partial charge in [0.2, 0.25) is 0 Å². The first-order chi connectivity index (χ1) is 23.2. The zero-order chi connectivity index (χ0) is 36.3. The predicted octanol–water partition coefficient (Wildman–Crippen LogP) is -7.26. The molecule has 20 heteroatoms. The summed E-state index contributed by atoms with van der Waals surface area (Å²) in [6.45, 7) is 0.959. The molecule has 0 spiro atoms. The molecular formula is C29H52O20. The smallest absolute Gasteiger partial charge is 0.187 e. The number of aliphatic hydroxyl groups is 13. The summed E-state index contributed by atoms with van der Waals surface area (Å²) in [5.41, 5.74) is 0. The fourth-order valence-corrected chi connectivity index (χ4v) is 6.53. The molecule has 13 N–H and O–H groups in total. The van der Waals surface area contributed by atoms with Gasteiger partial charge in [-0.2, -0.15) is 0 Å². The normalized spacial score (nSPS) is 49.7. The lowest BCUT2D eigenvalue weighted by Gasteiger charge is -2.51. The molecule has 20 atom stereocenters. The van der Waals surface area contributed by atoms with Crippen LogP contribution < -0.4 is 0 Å². The molecule has 4 heterocycles. The zero-order valence-corrected chi connectivity index (χ0v) is 27.0. The van der Waals surface area contributed by atoms with E-state index < -0.39 is 155 Å². The summed E-state index contributed by atoms with van der Waals surface area (Å²) in [7, 11) is 0. The van der Waals surface area contributed by atoms with Gasteiger partial charge in [-0.05, 0) is 18.8 Å². The Balaban J connectivity index is 1.63. The minimum Gasteiger partial charge on any atom is -0.396 e. The molecule has 0 aromatic carbocycles. The SMILES string of the molecule is CC(C)[C@@H]1O[C@H](CCO)[C@@H](O)[C@H](O[C@@H]2O[C@H](CCO)[C@@H](O)[C@H](O)[C@H]2O)[C@H]1O[C@@H]1O[C@H](CO)[C@@H](O)[C@H](O[C@@H]2O[C@H](CO)[C@@H](O)[C@H](O)[C@H]2O)[C@H]1O. The van der Waals surface area contributed by atoms with Crippen molar-refractivity contribution in [3.63, 3.8) is 0 Å². The fourth-order valence-electron chi connectivity index (χ4n) is 6.53. The van der Waals surface area contributed by atoms with Gasteiger partial charge >= 0.3 is 0 Å². The zero-order valence-electron chi connectivity index (χ0n) is 27.0. The fraction of sp³-hybridized carbons (Fsp3) is 1.00. The second kappa shape index (κ2) is 17.8. The lowest BCUT2D eigenvalue weighted by Crippen LogP contribution is -2.68. The van der Waals surface area contributed by atoms with Crippen LogP contribution in [-0.2, 0) is 33.2 Å². The first-order valence-corrected chi connectivity index (χ1v) is 16.3. The van der Waals surface area contributed by atoms with Gasteiger partial charge in [0.25, 0.3) is 0 Å². The van der Waals surface area contributed by atoms with Gasteiger partial charge in [0.05, 0.1) is 31.5 Å². The van der Waals surface area contributed by atoms with Crippen molar-refractivity contribution in [2.45, 2.75) is 149 Å². The minimum absolute atomic E-state index is 0.0735. The summed E-state index contributed by atoms with van der Waals surface area (Å²) >= 11 is 0. The predicted molar refractivity (Wildman–Crippen MR) is 156 cm³/mol. The van der Waals surface area contributed by atoms with E-state index >= 15 is 0 Å². The second-order valence-electron chi connectivity index (χ2n) is 13.1. The molecule has 4 saturated heterocycles. The summed E-state index contributed by atoms with van der Waals surface area (Å²) < 4.78 is 40.6. The maximum absolute atomic E-state index is 11.4. The van der Waals surface area contributed by atoms with Crippen LogP contribution in [0.4, 0.5) is 0 Å². The summed E-state index contributed by atoms with van der Waals surface area (Å²) in [5.74, 6) is -0.419. The molecule has 0 saturated carbocycles. The third kappa shape index (κ3) is 8.71. The van der Waals surface area contributed by atoms with Gasteiger partial charge in [-0.15, -0.1) is 0 Å². The third-order valence-corrected chi connectivity index (χ3v) is 9.39. The molecule has 0 aromatic rings. The van der Waals surface area contributed by atoms with Gasteiger partial charge in [-0.25, -0.2) is 0 Å². The van der Waals surface area contributed by atoms with Crippen LogP contribution in [-0.4, -0.2) is 215 Å². The van der Waals surface area contributed by atoms with Crippen LogP contribution in [0.5, 0.6) is 0 Å². The Morgan fingerprint density at radius 2 is 0.816 bits per heavy atom. The molecule has 0 radical (unpaired) electrons. The van der Waals surface area contributed by atoms with Crippen molar-refractivity contribution in [3.8, 4) is 0 Å². The Morgan fingerprint density at radius 1 is 0.429 bits per heavy atom. The summed E-state index contributed by atoms with van der Waals surface area (Å²) in [5, 5.41) is 135. The van der Waals surface area contributed by atoms with E-state index in [1.807, 2.05) is 0 Å². The maximum atomic E-state index is 11.4. The van der Waals surface area contributed by atoms with Crippen LogP contribution in [0.25, 0.3) is 0 Å².